The standard InChI is InChI=1S/C26H34N4O6/c1-15-11-27(12-16(2)35-15)21-9-23(31)29(25(21)33)19-5-7-20(8-6-19)30-24(32)10-22(26(30)34)28-13-17(3)36-18(4)14-28/h5-8,15-18,21-22H,9-14H2,1-4H3/t15-,16-,17-,18+,21-,22+/m0/s1. The Kier molecular flexibility index (Phi) is 6.71. The van der Waals surface area contributed by atoms with Crippen molar-refractivity contribution in [3.63, 3.8) is 0 Å². The van der Waals surface area contributed by atoms with Crippen molar-refractivity contribution in [2.75, 3.05) is 36.0 Å². The Hall–Kier alpha value is -2.66. The van der Waals surface area contributed by atoms with Crippen LogP contribution in [0.2, 0.25) is 0 Å². The number of amides is 4. The number of ether oxygens (including phenoxy) is 2. The Bertz CT molecular complexity index is 958. The third-order valence-corrected chi connectivity index (χ3v) is 7.39. The molecule has 1 aromatic rings. The van der Waals surface area contributed by atoms with Crippen molar-refractivity contribution < 1.29 is 28.7 Å². The van der Waals surface area contributed by atoms with Crippen LogP contribution in [-0.4, -0.2) is 96.1 Å². The minimum atomic E-state index is -0.508. The molecule has 4 saturated heterocycles. The van der Waals surface area contributed by atoms with Gasteiger partial charge in [0.1, 0.15) is 0 Å². The topological polar surface area (TPSA) is 99.7 Å². The van der Waals surface area contributed by atoms with E-state index in [9.17, 15) is 19.2 Å². The molecule has 0 unspecified atom stereocenters. The third-order valence-electron chi connectivity index (χ3n) is 7.39. The van der Waals surface area contributed by atoms with Crippen LogP contribution in [0.25, 0.3) is 0 Å². The van der Waals surface area contributed by atoms with Crippen molar-refractivity contribution in [2.45, 2.75) is 77.0 Å². The first-order valence-electron chi connectivity index (χ1n) is 12.7. The zero-order valence-electron chi connectivity index (χ0n) is 21.3. The summed E-state index contributed by atoms with van der Waals surface area (Å²) in [5.41, 5.74) is 0.883. The Labute approximate surface area is 211 Å². The molecule has 0 aliphatic carbocycles. The van der Waals surface area contributed by atoms with Crippen molar-refractivity contribution in [2.24, 2.45) is 0 Å². The molecule has 10 nitrogen and oxygen atoms in total. The van der Waals surface area contributed by atoms with E-state index in [1.165, 1.54) is 9.80 Å². The highest BCUT2D eigenvalue weighted by atomic mass is 16.5. The van der Waals surface area contributed by atoms with E-state index < -0.39 is 12.1 Å². The summed E-state index contributed by atoms with van der Waals surface area (Å²) in [7, 11) is 0. The molecule has 10 heteroatoms. The molecule has 0 aromatic heterocycles. The molecule has 36 heavy (non-hydrogen) atoms. The fourth-order valence-electron chi connectivity index (χ4n) is 6.04. The summed E-state index contributed by atoms with van der Waals surface area (Å²) in [5, 5.41) is 0. The van der Waals surface area contributed by atoms with Gasteiger partial charge in [0, 0.05) is 26.2 Å². The molecular weight excluding hydrogens is 464 g/mol. The summed E-state index contributed by atoms with van der Waals surface area (Å²) in [6, 6.07) is 5.50. The minimum absolute atomic E-state index is 0.00627. The largest absolute Gasteiger partial charge is 0.373 e. The second-order valence-corrected chi connectivity index (χ2v) is 10.5. The molecule has 0 saturated carbocycles. The van der Waals surface area contributed by atoms with Crippen LogP contribution in [0.4, 0.5) is 11.4 Å². The van der Waals surface area contributed by atoms with E-state index in [0.717, 1.165) is 0 Å². The van der Waals surface area contributed by atoms with Gasteiger partial charge in [0.05, 0.1) is 60.7 Å². The van der Waals surface area contributed by atoms with E-state index in [-0.39, 0.29) is 60.9 Å². The van der Waals surface area contributed by atoms with Gasteiger partial charge in [-0.3, -0.25) is 29.0 Å². The summed E-state index contributed by atoms with van der Waals surface area (Å²) < 4.78 is 11.5. The fourth-order valence-corrected chi connectivity index (χ4v) is 6.04. The highest BCUT2D eigenvalue weighted by Crippen LogP contribution is 2.32. The zero-order chi connectivity index (χ0) is 25.7. The van der Waals surface area contributed by atoms with Gasteiger partial charge < -0.3 is 9.47 Å². The predicted octanol–water partition coefficient (Wildman–Crippen LogP) is 1.17. The van der Waals surface area contributed by atoms with E-state index in [1.807, 2.05) is 37.5 Å². The number of morpholine rings is 2. The smallest absolute Gasteiger partial charge is 0.251 e. The number of benzene rings is 1. The Morgan fingerprint density at radius 2 is 0.889 bits per heavy atom. The van der Waals surface area contributed by atoms with Crippen molar-refractivity contribution >= 4 is 35.0 Å². The first-order chi connectivity index (χ1) is 17.1. The van der Waals surface area contributed by atoms with Crippen LogP contribution < -0.4 is 9.80 Å². The van der Waals surface area contributed by atoms with Crippen LogP contribution in [-0.2, 0) is 28.7 Å². The van der Waals surface area contributed by atoms with Gasteiger partial charge in [-0.25, -0.2) is 9.80 Å². The number of hydrogen-bond acceptors (Lipinski definition) is 8. The van der Waals surface area contributed by atoms with E-state index >= 15 is 0 Å². The molecule has 1 aromatic carbocycles. The number of anilines is 2. The maximum absolute atomic E-state index is 13.2. The van der Waals surface area contributed by atoms with E-state index in [2.05, 4.69) is 0 Å². The molecule has 0 spiro atoms. The van der Waals surface area contributed by atoms with Gasteiger partial charge in [-0.1, -0.05) is 0 Å². The molecule has 4 amide bonds. The Balaban J connectivity index is 1.30. The molecule has 4 fully saturated rings. The number of nitrogens with zero attached hydrogens (tertiary/aromatic N) is 4. The van der Waals surface area contributed by atoms with Crippen molar-refractivity contribution in [1.82, 2.24) is 9.80 Å². The quantitative estimate of drug-likeness (QED) is 0.571. The molecule has 0 radical (unpaired) electrons. The Morgan fingerprint density at radius 1 is 0.583 bits per heavy atom. The highest BCUT2D eigenvalue weighted by Gasteiger charge is 2.46. The molecule has 0 N–H and O–H groups in total. The van der Waals surface area contributed by atoms with Crippen LogP contribution >= 0.6 is 0 Å². The van der Waals surface area contributed by atoms with Gasteiger partial charge in [0.25, 0.3) is 11.8 Å². The third kappa shape index (κ3) is 4.58. The van der Waals surface area contributed by atoms with Crippen LogP contribution in [0.15, 0.2) is 24.3 Å². The van der Waals surface area contributed by atoms with Crippen LogP contribution in [0.1, 0.15) is 40.5 Å². The lowest BCUT2D eigenvalue weighted by atomic mass is 10.1. The van der Waals surface area contributed by atoms with Crippen molar-refractivity contribution in [3.8, 4) is 0 Å². The molecule has 4 aliphatic heterocycles. The van der Waals surface area contributed by atoms with Gasteiger partial charge in [-0.05, 0) is 52.0 Å². The van der Waals surface area contributed by atoms with Gasteiger partial charge in [0.15, 0.2) is 0 Å². The molecule has 4 heterocycles. The number of carbonyl (C=O) groups is 4. The number of imide groups is 2. The normalized spacial score (nSPS) is 34.8. The second-order valence-electron chi connectivity index (χ2n) is 10.5. The molecule has 0 bridgehead atoms. The summed E-state index contributed by atoms with van der Waals surface area (Å²) in [5.74, 6) is -1.02. The Morgan fingerprint density at radius 3 is 1.19 bits per heavy atom. The average molecular weight is 499 g/mol. The minimum Gasteiger partial charge on any atom is -0.373 e. The van der Waals surface area contributed by atoms with Gasteiger partial charge in [0.2, 0.25) is 11.8 Å². The van der Waals surface area contributed by atoms with Gasteiger partial charge in [-0.15, -0.1) is 0 Å². The van der Waals surface area contributed by atoms with Gasteiger partial charge >= 0.3 is 0 Å². The van der Waals surface area contributed by atoms with Crippen LogP contribution in [0.3, 0.4) is 0 Å². The molecule has 194 valence electrons. The first kappa shape index (κ1) is 25.0. The monoisotopic (exact) mass is 498 g/mol. The number of rotatable bonds is 4. The summed E-state index contributed by atoms with van der Waals surface area (Å²) in [6.07, 6.45) is 0.227. The number of hydrogen-bond donors (Lipinski definition) is 0. The maximum Gasteiger partial charge on any atom is 0.251 e. The van der Waals surface area contributed by atoms with Crippen LogP contribution in [0, 0.1) is 0 Å². The zero-order valence-corrected chi connectivity index (χ0v) is 21.3. The highest BCUT2D eigenvalue weighted by molar-refractivity contribution is 6.24. The van der Waals surface area contributed by atoms with Crippen LogP contribution in [0.5, 0.6) is 0 Å². The van der Waals surface area contributed by atoms with Gasteiger partial charge in [-0.2, -0.15) is 0 Å². The van der Waals surface area contributed by atoms with E-state index in [1.54, 1.807) is 24.3 Å². The predicted molar refractivity (Wildman–Crippen MR) is 131 cm³/mol. The van der Waals surface area contributed by atoms with E-state index in [0.29, 0.717) is 37.6 Å². The summed E-state index contributed by atoms with van der Waals surface area (Å²) in [4.78, 5) is 58.6. The molecular formula is C26H34N4O6. The first-order valence-corrected chi connectivity index (χ1v) is 12.7. The van der Waals surface area contributed by atoms with Crippen molar-refractivity contribution in [1.29, 1.82) is 0 Å². The SMILES string of the molecule is C[C@@H]1CN([C@@H]2CC(=O)N(c3ccc(N4C(=O)C[C@H](N5C[C@H](C)O[C@@H](C)C5)C4=O)cc3)C2=O)C[C@H](C)O1. The molecule has 4 aliphatic rings. The molecule has 6 atom stereocenters. The lowest BCUT2D eigenvalue weighted by molar-refractivity contribution is -0.128. The average Bonchev–Trinajstić information content (AvgIpc) is 3.27. The lowest BCUT2D eigenvalue weighted by Gasteiger charge is -2.37. The van der Waals surface area contributed by atoms with Crippen molar-refractivity contribution in [3.05, 3.63) is 24.3 Å². The summed E-state index contributed by atoms with van der Waals surface area (Å²) in [6.45, 7) is 10.3. The second kappa shape index (κ2) is 9.66. The lowest BCUT2D eigenvalue weighted by Crippen LogP contribution is -2.52. The molecule has 5 rings (SSSR count). The summed E-state index contributed by atoms with van der Waals surface area (Å²) >= 11 is 0. The fraction of sp³-hybridized carbons (Fsp3) is 0.615. The number of carbonyl (C=O) groups excluding carboxylic acids is 4. The van der Waals surface area contributed by atoms with E-state index in [4.69, 9.17) is 9.47 Å². The maximum atomic E-state index is 13.2.